The molecular formula is C13H24N2O3. The number of carboxylic acid groups (broad SMARTS) is 1. The van der Waals surface area contributed by atoms with Gasteiger partial charge in [-0.1, -0.05) is 26.7 Å². The molecule has 104 valence electrons. The number of nitrogens with two attached hydrogens (primary N) is 1. The summed E-state index contributed by atoms with van der Waals surface area (Å²) >= 11 is 0. The number of carboxylic acids is 1. The van der Waals surface area contributed by atoms with E-state index < -0.39 is 11.9 Å². The fraction of sp³-hybridized carbons (Fsp3) is 0.846. The highest BCUT2D eigenvalue weighted by molar-refractivity contribution is 5.80. The van der Waals surface area contributed by atoms with Gasteiger partial charge in [-0.3, -0.25) is 9.59 Å². The van der Waals surface area contributed by atoms with Crippen LogP contribution < -0.4 is 11.1 Å². The first-order valence-electron chi connectivity index (χ1n) is 6.70. The number of hydrogen-bond acceptors (Lipinski definition) is 3. The number of aliphatic carboxylic acids is 1. The lowest BCUT2D eigenvalue weighted by Gasteiger charge is -2.31. The lowest BCUT2D eigenvalue weighted by Crippen LogP contribution is -2.49. The monoisotopic (exact) mass is 256 g/mol. The van der Waals surface area contributed by atoms with Crippen LogP contribution >= 0.6 is 0 Å². The third-order valence-electron chi connectivity index (χ3n) is 3.81. The molecule has 1 aliphatic rings. The maximum atomic E-state index is 12.1. The van der Waals surface area contributed by atoms with E-state index in [1.54, 1.807) is 0 Å². The van der Waals surface area contributed by atoms with Gasteiger partial charge < -0.3 is 16.2 Å². The summed E-state index contributed by atoms with van der Waals surface area (Å²) in [6, 6.07) is -0.239. The number of nitrogens with one attached hydrogen (secondary N) is 1. The fourth-order valence-corrected chi connectivity index (χ4v) is 2.57. The number of hydrogen-bond donors (Lipinski definition) is 3. The molecule has 4 N–H and O–H groups in total. The molecular weight excluding hydrogens is 232 g/mol. The molecule has 0 saturated heterocycles. The summed E-state index contributed by atoms with van der Waals surface area (Å²) in [5.41, 5.74) is 5.60. The summed E-state index contributed by atoms with van der Waals surface area (Å²) < 4.78 is 0. The third kappa shape index (κ3) is 3.70. The smallest absolute Gasteiger partial charge is 0.308 e. The fourth-order valence-electron chi connectivity index (χ4n) is 2.57. The second-order valence-electron chi connectivity index (χ2n) is 5.43. The molecule has 18 heavy (non-hydrogen) atoms. The minimum absolute atomic E-state index is 0.106. The van der Waals surface area contributed by atoms with Crippen molar-refractivity contribution in [2.24, 2.45) is 23.5 Å². The van der Waals surface area contributed by atoms with E-state index in [-0.39, 0.29) is 23.8 Å². The quantitative estimate of drug-likeness (QED) is 0.683. The van der Waals surface area contributed by atoms with E-state index in [4.69, 9.17) is 10.8 Å². The molecule has 0 heterocycles. The van der Waals surface area contributed by atoms with Crippen LogP contribution in [0.25, 0.3) is 0 Å². The van der Waals surface area contributed by atoms with Crippen molar-refractivity contribution in [2.75, 3.05) is 6.54 Å². The van der Waals surface area contributed by atoms with Crippen LogP contribution in [0.4, 0.5) is 0 Å². The van der Waals surface area contributed by atoms with Crippen molar-refractivity contribution in [3.63, 3.8) is 0 Å². The van der Waals surface area contributed by atoms with Crippen molar-refractivity contribution >= 4 is 11.9 Å². The maximum Gasteiger partial charge on any atom is 0.308 e. The highest BCUT2D eigenvalue weighted by Gasteiger charge is 2.33. The first-order chi connectivity index (χ1) is 8.47. The van der Waals surface area contributed by atoms with E-state index in [0.717, 1.165) is 19.3 Å². The number of amides is 1. The summed E-state index contributed by atoms with van der Waals surface area (Å²) in [6.07, 6.45) is 3.30. The van der Waals surface area contributed by atoms with Gasteiger partial charge in [0.15, 0.2) is 0 Å². The summed E-state index contributed by atoms with van der Waals surface area (Å²) in [6.45, 7) is 4.20. The van der Waals surface area contributed by atoms with Gasteiger partial charge in [-0.2, -0.15) is 0 Å². The van der Waals surface area contributed by atoms with E-state index in [2.05, 4.69) is 5.32 Å². The Kier molecular flexibility index (Phi) is 5.59. The van der Waals surface area contributed by atoms with Gasteiger partial charge in [0.1, 0.15) is 0 Å². The molecule has 3 atom stereocenters. The molecule has 3 unspecified atom stereocenters. The van der Waals surface area contributed by atoms with Gasteiger partial charge >= 0.3 is 5.97 Å². The Morgan fingerprint density at radius 2 is 1.94 bits per heavy atom. The van der Waals surface area contributed by atoms with Crippen molar-refractivity contribution < 1.29 is 14.7 Å². The van der Waals surface area contributed by atoms with Gasteiger partial charge in [0.05, 0.1) is 11.8 Å². The Morgan fingerprint density at radius 3 is 2.44 bits per heavy atom. The Hall–Kier alpha value is -1.10. The highest BCUT2D eigenvalue weighted by atomic mass is 16.4. The predicted octanol–water partition coefficient (Wildman–Crippen LogP) is 0.977. The Morgan fingerprint density at radius 1 is 1.33 bits per heavy atom. The van der Waals surface area contributed by atoms with Gasteiger partial charge in [0.25, 0.3) is 0 Å². The normalized spacial score (nSPS) is 25.8. The predicted molar refractivity (Wildman–Crippen MR) is 68.9 cm³/mol. The van der Waals surface area contributed by atoms with E-state index in [0.29, 0.717) is 13.0 Å². The molecule has 1 aliphatic carbocycles. The molecule has 1 amide bonds. The van der Waals surface area contributed by atoms with Gasteiger partial charge in [-0.25, -0.2) is 0 Å². The van der Waals surface area contributed by atoms with E-state index in [9.17, 15) is 9.59 Å². The van der Waals surface area contributed by atoms with Gasteiger partial charge in [0.2, 0.25) is 5.91 Å². The molecule has 5 nitrogen and oxygen atoms in total. The zero-order valence-corrected chi connectivity index (χ0v) is 11.2. The minimum Gasteiger partial charge on any atom is -0.481 e. The Balaban J connectivity index is 2.63. The molecule has 0 aliphatic heterocycles. The molecule has 0 aromatic heterocycles. The van der Waals surface area contributed by atoms with E-state index >= 15 is 0 Å². The molecule has 0 radical (unpaired) electrons. The van der Waals surface area contributed by atoms with Gasteiger partial charge in [-0.05, 0) is 18.8 Å². The zero-order chi connectivity index (χ0) is 13.7. The molecule has 1 saturated carbocycles. The SMILES string of the molecule is CC(C)C(CN)C(=O)NC1CCCCC1C(=O)O. The van der Waals surface area contributed by atoms with Crippen molar-refractivity contribution in [3.8, 4) is 0 Å². The summed E-state index contributed by atoms with van der Waals surface area (Å²) in [5.74, 6) is -1.43. The van der Waals surface area contributed by atoms with Crippen LogP contribution in [0.1, 0.15) is 39.5 Å². The van der Waals surface area contributed by atoms with Gasteiger partial charge in [0, 0.05) is 12.6 Å². The molecule has 5 heteroatoms. The minimum atomic E-state index is -0.811. The number of carbonyl (C=O) groups is 2. The maximum absolute atomic E-state index is 12.1. The van der Waals surface area contributed by atoms with Crippen LogP contribution in [0.15, 0.2) is 0 Å². The number of rotatable bonds is 5. The zero-order valence-electron chi connectivity index (χ0n) is 11.2. The van der Waals surface area contributed by atoms with Crippen LogP contribution in [-0.2, 0) is 9.59 Å². The van der Waals surface area contributed by atoms with Crippen LogP contribution in [0.5, 0.6) is 0 Å². The van der Waals surface area contributed by atoms with Crippen LogP contribution in [-0.4, -0.2) is 29.6 Å². The second kappa shape index (κ2) is 6.73. The average molecular weight is 256 g/mol. The topological polar surface area (TPSA) is 92.4 Å². The second-order valence-corrected chi connectivity index (χ2v) is 5.43. The first-order valence-corrected chi connectivity index (χ1v) is 6.70. The van der Waals surface area contributed by atoms with Crippen molar-refractivity contribution in [1.82, 2.24) is 5.32 Å². The number of carbonyl (C=O) groups excluding carboxylic acids is 1. The molecule has 1 rings (SSSR count). The molecule has 0 aromatic rings. The van der Waals surface area contributed by atoms with Crippen molar-refractivity contribution in [3.05, 3.63) is 0 Å². The third-order valence-corrected chi connectivity index (χ3v) is 3.81. The van der Waals surface area contributed by atoms with E-state index in [1.807, 2.05) is 13.8 Å². The summed E-state index contributed by atoms with van der Waals surface area (Å²) in [5, 5.41) is 12.0. The van der Waals surface area contributed by atoms with Crippen LogP contribution in [0.3, 0.4) is 0 Å². The highest BCUT2D eigenvalue weighted by Crippen LogP contribution is 2.25. The first kappa shape index (κ1) is 15.0. The molecule has 0 bridgehead atoms. The van der Waals surface area contributed by atoms with Crippen molar-refractivity contribution in [2.45, 2.75) is 45.6 Å². The summed E-state index contributed by atoms with van der Waals surface area (Å²) in [4.78, 5) is 23.2. The van der Waals surface area contributed by atoms with Crippen LogP contribution in [0, 0.1) is 17.8 Å². The standard InChI is InChI=1S/C13H24N2O3/c1-8(2)10(7-14)12(16)15-11-6-4-3-5-9(11)13(17)18/h8-11H,3-7,14H2,1-2H3,(H,15,16)(H,17,18). The Bertz CT molecular complexity index is 305. The Labute approximate surface area is 108 Å². The lowest BCUT2D eigenvalue weighted by molar-refractivity contribution is -0.144. The molecule has 1 fully saturated rings. The lowest BCUT2D eigenvalue weighted by atomic mass is 9.84. The van der Waals surface area contributed by atoms with Crippen LogP contribution in [0.2, 0.25) is 0 Å². The van der Waals surface area contributed by atoms with E-state index in [1.165, 1.54) is 0 Å². The molecule has 0 spiro atoms. The summed E-state index contributed by atoms with van der Waals surface area (Å²) in [7, 11) is 0. The molecule has 0 aromatic carbocycles. The largest absolute Gasteiger partial charge is 0.481 e. The average Bonchev–Trinajstić information content (AvgIpc) is 2.29. The van der Waals surface area contributed by atoms with Crippen molar-refractivity contribution in [1.29, 1.82) is 0 Å². The van der Waals surface area contributed by atoms with Gasteiger partial charge in [-0.15, -0.1) is 0 Å².